The van der Waals surface area contributed by atoms with Gasteiger partial charge in [0.25, 0.3) is 5.91 Å². The average Bonchev–Trinajstić information content (AvgIpc) is 2.58. The normalized spacial score (nSPS) is 10.2. The summed E-state index contributed by atoms with van der Waals surface area (Å²) in [5.41, 5.74) is 1.47. The van der Waals surface area contributed by atoms with Crippen LogP contribution in [0.3, 0.4) is 0 Å². The molecule has 2 aromatic rings. The highest BCUT2D eigenvalue weighted by Crippen LogP contribution is 2.14. The molecule has 1 heterocycles. The van der Waals surface area contributed by atoms with Gasteiger partial charge in [0.15, 0.2) is 0 Å². The van der Waals surface area contributed by atoms with Gasteiger partial charge in [0.2, 0.25) is 0 Å². The number of hydrogen-bond donors (Lipinski definition) is 0. The predicted molar refractivity (Wildman–Crippen MR) is 89.8 cm³/mol. The van der Waals surface area contributed by atoms with E-state index in [0.29, 0.717) is 12.1 Å². The summed E-state index contributed by atoms with van der Waals surface area (Å²) in [5.74, 6) is -0.519. The van der Waals surface area contributed by atoms with E-state index >= 15 is 0 Å². The van der Waals surface area contributed by atoms with Crippen molar-refractivity contribution in [2.45, 2.75) is 13.0 Å². The zero-order valence-electron chi connectivity index (χ0n) is 12.7. The van der Waals surface area contributed by atoms with Crippen molar-refractivity contribution in [3.05, 3.63) is 64.4 Å². The number of nitrogens with zero attached hydrogens (tertiary/aromatic N) is 2. The van der Waals surface area contributed by atoms with Gasteiger partial charge in [-0.25, -0.2) is 0 Å². The van der Waals surface area contributed by atoms with Crippen LogP contribution in [-0.4, -0.2) is 35.4 Å². The number of amides is 1. The molecule has 0 saturated carbocycles. The van der Waals surface area contributed by atoms with Crippen molar-refractivity contribution in [3.8, 4) is 0 Å². The lowest BCUT2D eigenvalue weighted by Gasteiger charge is -2.22. The molecule has 0 saturated heterocycles. The molecule has 0 fully saturated rings. The van der Waals surface area contributed by atoms with E-state index in [4.69, 9.17) is 0 Å². The summed E-state index contributed by atoms with van der Waals surface area (Å²) in [7, 11) is 1.34. The van der Waals surface area contributed by atoms with Crippen molar-refractivity contribution in [2.24, 2.45) is 0 Å². The van der Waals surface area contributed by atoms with Crippen LogP contribution in [0.2, 0.25) is 0 Å². The predicted octanol–water partition coefficient (Wildman–Crippen LogP) is 3.05. The van der Waals surface area contributed by atoms with E-state index in [9.17, 15) is 9.59 Å². The standard InChI is InChI=1S/C17H17BrN2O3/c1-23-16(21)7-8-20(12-13-5-3-2-4-6-13)17(22)14-9-15(18)11-19-10-14/h2-6,9-11H,7-8,12H2,1H3. The van der Waals surface area contributed by atoms with Crippen molar-refractivity contribution >= 4 is 27.8 Å². The van der Waals surface area contributed by atoms with E-state index in [1.165, 1.54) is 13.3 Å². The minimum atomic E-state index is -0.344. The first-order chi connectivity index (χ1) is 11.1. The second-order valence-corrected chi connectivity index (χ2v) is 5.85. The van der Waals surface area contributed by atoms with Crippen molar-refractivity contribution in [1.29, 1.82) is 0 Å². The molecule has 0 N–H and O–H groups in total. The molecule has 0 aliphatic carbocycles. The molecule has 5 nitrogen and oxygen atoms in total. The Bertz CT molecular complexity index is 677. The molecule has 0 radical (unpaired) electrons. The molecule has 6 heteroatoms. The summed E-state index contributed by atoms with van der Waals surface area (Å²) >= 11 is 3.31. The van der Waals surface area contributed by atoms with Crippen molar-refractivity contribution in [2.75, 3.05) is 13.7 Å². The smallest absolute Gasteiger partial charge is 0.307 e. The van der Waals surface area contributed by atoms with Gasteiger partial charge in [-0.3, -0.25) is 14.6 Å². The molecule has 23 heavy (non-hydrogen) atoms. The lowest BCUT2D eigenvalue weighted by Crippen LogP contribution is -2.32. The van der Waals surface area contributed by atoms with Crippen LogP contribution < -0.4 is 0 Å². The quantitative estimate of drug-likeness (QED) is 0.726. The van der Waals surface area contributed by atoms with Gasteiger partial charge in [0, 0.05) is 30.0 Å². The number of pyridine rings is 1. The number of ether oxygens (including phenoxy) is 1. The molecule has 0 spiro atoms. The SMILES string of the molecule is COC(=O)CCN(Cc1ccccc1)C(=O)c1cncc(Br)c1. The Morgan fingerprint density at radius 3 is 2.61 bits per heavy atom. The van der Waals surface area contributed by atoms with Crippen LogP contribution in [-0.2, 0) is 16.1 Å². The highest BCUT2D eigenvalue weighted by atomic mass is 79.9. The summed E-state index contributed by atoms with van der Waals surface area (Å²) in [5, 5.41) is 0. The van der Waals surface area contributed by atoms with Crippen LogP contribution in [0.1, 0.15) is 22.3 Å². The van der Waals surface area contributed by atoms with Gasteiger partial charge in [0.1, 0.15) is 0 Å². The van der Waals surface area contributed by atoms with Gasteiger partial charge in [-0.05, 0) is 27.6 Å². The molecule has 120 valence electrons. The third-order valence-corrected chi connectivity index (χ3v) is 3.70. The zero-order valence-corrected chi connectivity index (χ0v) is 14.3. The van der Waals surface area contributed by atoms with Crippen molar-refractivity contribution in [1.82, 2.24) is 9.88 Å². The first-order valence-corrected chi connectivity index (χ1v) is 7.90. The lowest BCUT2D eigenvalue weighted by atomic mass is 10.1. The second-order valence-electron chi connectivity index (χ2n) is 4.93. The Morgan fingerprint density at radius 1 is 1.22 bits per heavy atom. The number of aromatic nitrogens is 1. The Balaban J connectivity index is 2.17. The highest BCUT2D eigenvalue weighted by Gasteiger charge is 2.18. The molecule has 0 aliphatic rings. The Hall–Kier alpha value is -2.21. The summed E-state index contributed by atoms with van der Waals surface area (Å²) < 4.78 is 5.39. The van der Waals surface area contributed by atoms with Gasteiger partial charge in [0.05, 0.1) is 19.1 Å². The molecular weight excluding hydrogens is 360 g/mol. The maximum Gasteiger partial charge on any atom is 0.307 e. The van der Waals surface area contributed by atoms with Crippen LogP contribution in [0.15, 0.2) is 53.3 Å². The second kappa shape index (κ2) is 8.43. The van der Waals surface area contributed by atoms with E-state index in [2.05, 4.69) is 25.7 Å². The maximum absolute atomic E-state index is 12.7. The number of benzene rings is 1. The fourth-order valence-corrected chi connectivity index (χ4v) is 2.46. The Kier molecular flexibility index (Phi) is 6.29. The number of hydrogen-bond acceptors (Lipinski definition) is 4. The van der Waals surface area contributed by atoms with Gasteiger partial charge >= 0.3 is 5.97 Å². The number of methoxy groups -OCH3 is 1. The number of esters is 1. The van der Waals surface area contributed by atoms with E-state index < -0.39 is 0 Å². The van der Waals surface area contributed by atoms with Crippen LogP contribution in [0, 0.1) is 0 Å². The first kappa shape index (κ1) is 17.1. The fourth-order valence-electron chi connectivity index (χ4n) is 2.10. The molecule has 0 aliphatic heterocycles. The lowest BCUT2D eigenvalue weighted by molar-refractivity contribution is -0.140. The van der Waals surface area contributed by atoms with E-state index in [1.54, 1.807) is 17.2 Å². The largest absolute Gasteiger partial charge is 0.469 e. The topological polar surface area (TPSA) is 59.5 Å². The fraction of sp³-hybridized carbons (Fsp3) is 0.235. The summed E-state index contributed by atoms with van der Waals surface area (Å²) in [6.45, 7) is 0.704. The van der Waals surface area contributed by atoms with Gasteiger partial charge in [-0.15, -0.1) is 0 Å². The number of carbonyl (C=O) groups is 2. The van der Waals surface area contributed by atoms with Gasteiger partial charge in [-0.1, -0.05) is 30.3 Å². The molecule has 0 bridgehead atoms. The van der Waals surface area contributed by atoms with Crippen LogP contribution >= 0.6 is 15.9 Å². The minimum Gasteiger partial charge on any atom is -0.469 e. The third-order valence-electron chi connectivity index (χ3n) is 3.27. The molecule has 1 amide bonds. The molecule has 0 atom stereocenters. The summed E-state index contributed by atoms with van der Waals surface area (Å²) in [4.78, 5) is 29.8. The molecule has 2 rings (SSSR count). The van der Waals surface area contributed by atoms with E-state index in [-0.39, 0.29) is 24.8 Å². The van der Waals surface area contributed by atoms with Crippen molar-refractivity contribution in [3.63, 3.8) is 0 Å². The third kappa shape index (κ3) is 5.17. The Labute approximate surface area is 143 Å². The highest BCUT2D eigenvalue weighted by molar-refractivity contribution is 9.10. The first-order valence-electron chi connectivity index (χ1n) is 7.10. The van der Waals surface area contributed by atoms with E-state index in [0.717, 1.165) is 10.0 Å². The minimum absolute atomic E-state index is 0.149. The van der Waals surface area contributed by atoms with Crippen LogP contribution in [0.5, 0.6) is 0 Å². The molecule has 1 aromatic carbocycles. The molecule has 0 unspecified atom stereocenters. The number of rotatable bonds is 6. The zero-order chi connectivity index (χ0) is 16.7. The van der Waals surface area contributed by atoms with E-state index in [1.807, 2.05) is 30.3 Å². The summed E-state index contributed by atoms with van der Waals surface area (Å²) in [6.07, 6.45) is 3.28. The monoisotopic (exact) mass is 376 g/mol. The van der Waals surface area contributed by atoms with Crippen molar-refractivity contribution < 1.29 is 14.3 Å². The number of halogens is 1. The van der Waals surface area contributed by atoms with Gasteiger partial charge < -0.3 is 9.64 Å². The van der Waals surface area contributed by atoms with Gasteiger partial charge in [-0.2, -0.15) is 0 Å². The summed E-state index contributed by atoms with van der Waals surface area (Å²) in [6, 6.07) is 11.3. The molecule has 1 aromatic heterocycles. The van der Waals surface area contributed by atoms with Crippen LogP contribution in [0.4, 0.5) is 0 Å². The van der Waals surface area contributed by atoms with Crippen LogP contribution in [0.25, 0.3) is 0 Å². The maximum atomic E-state index is 12.7. The Morgan fingerprint density at radius 2 is 1.96 bits per heavy atom. The average molecular weight is 377 g/mol. The number of carbonyl (C=O) groups excluding carboxylic acids is 2. The molecular formula is C17H17BrN2O3.